The van der Waals surface area contributed by atoms with Gasteiger partial charge in [-0.15, -0.1) is 0 Å². The van der Waals surface area contributed by atoms with Gasteiger partial charge >= 0.3 is 0 Å². The Hall–Kier alpha value is -1.90. The summed E-state index contributed by atoms with van der Waals surface area (Å²) in [5, 5.41) is 4.22. The predicted molar refractivity (Wildman–Crippen MR) is 71.8 cm³/mol. The van der Waals surface area contributed by atoms with Crippen LogP contribution in [0.3, 0.4) is 0 Å². The van der Waals surface area contributed by atoms with Gasteiger partial charge in [0.25, 0.3) is 0 Å². The summed E-state index contributed by atoms with van der Waals surface area (Å²) < 4.78 is 1.51. The molecule has 0 fully saturated rings. The van der Waals surface area contributed by atoms with Gasteiger partial charge in [0.1, 0.15) is 0 Å². The topological polar surface area (TPSA) is 34.9 Å². The molecular weight excluding hydrogens is 224 g/mol. The Balaban J connectivity index is 2.10. The third-order valence-electron chi connectivity index (χ3n) is 3.10. The summed E-state index contributed by atoms with van der Waals surface area (Å²) in [6.45, 7) is 5.88. The van der Waals surface area contributed by atoms with Crippen molar-refractivity contribution in [3.8, 4) is 0 Å². The van der Waals surface area contributed by atoms with Crippen LogP contribution in [0.2, 0.25) is 0 Å². The Labute approximate surface area is 107 Å². The molecule has 0 amide bonds. The lowest BCUT2D eigenvalue weighted by atomic mass is 9.98. The van der Waals surface area contributed by atoms with E-state index in [1.165, 1.54) is 10.2 Å². The van der Waals surface area contributed by atoms with E-state index in [1.54, 1.807) is 0 Å². The highest BCUT2D eigenvalue weighted by atomic mass is 16.2. The maximum atomic E-state index is 12.2. The van der Waals surface area contributed by atoms with E-state index < -0.39 is 0 Å². The summed E-state index contributed by atoms with van der Waals surface area (Å²) in [6.07, 6.45) is 0.478. The quantitative estimate of drug-likeness (QED) is 0.827. The van der Waals surface area contributed by atoms with Crippen LogP contribution in [0.1, 0.15) is 41.0 Å². The number of nitrogens with zero attached hydrogens (tertiary/aromatic N) is 2. The number of rotatable bonds is 3. The Morgan fingerprint density at radius 3 is 2.50 bits per heavy atom. The first-order chi connectivity index (χ1) is 8.58. The monoisotopic (exact) mass is 242 g/mol. The van der Waals surface area contributed by atoms with Crippen molar-refractivity contribution in [2.24, 2.45) is 0 Å². The molecule has 3 heteroatoms. The SMILES string of the molecule is Cc1cc(C)n(C(=O)CC(C)c2ccccc2)n1. The van der Waals surface area contributed by atoms with Crippen LogP contribution in [-0.2, 0) is 0 Å². The van der Waals surface area contributed by atoms with E-state index in [-0.39, 0.29) is 11.8 Å². The molecule has 1 heterocycles. The molecule has 1 aromatic carbocycles. The number of carbonyl (C=O) groups excluding carboxylic acids is 1. The van der Waals surface area contributed by atoms with Crippen molar-refractivity contribution in [1.82, 2.24) is 9.78 Å². The Morgan fingerprint density at radius 2 is 1.94 bits per heavy atom. The highest BCUT2D eigenvalue weighted by Crippen LogP contribution is 2.19. The van der Waals surface area contributed by atoms with Crippen molar-refractivity contribution < 1.29 is 4.79 Å². The van der Waals surface area contributed by atoms with E-state index in [2.05, 4.69) is 24.2 Å². The third kappa shape index (κ3) is 2.67. The zero-order valence-electron chi connectivity index (χ0n) is 11.1. The van der Waals surface area contributed by atoms with Crippen molar-refractivity contribution >= 4 is 5.91 Å². The molecular formula is C15H18N2O. The molecule has 1 unspecified atom stereocenters. The zero-order valence-corrected chi connectivity index (χ0v) is 11.1. The minimum Gasteiger partial charge on any atom is -0.273 e. The van der Waals surface area contributed by atoms with Gasteiger partial charge in [0.2, 0.25) is 5.91 Å². The van der Waals surface area contributed by atoms with Crippen molar-refractivity contribution in [1.29, 1.82) is 0 Å². The van der Waals surface area contributed by atoms with Gasteiger partial charge in [0.15, 0.2) is 0 Å². The standard InChI is InChI=1S/C15H18N2O/c1-11(14-7-5-4-6-8-14)9-15(18)17-13(3)10-12(2)16-17/h4-8,10-11H,9H2,1-3H3. The molecule has 0 aliphatic rings. The molecule has 18 heavy (non-hydrogen) atoms. The minimum absolute atomic E-state index is 0.0527. The van der Waals surface area contributed by atoms with Gasteiger partial charge in [-0.3, -0.25) is 4.79 Å². The molecule has 0 saturated carbocycles. The molecule has 0 radical (unpaired) electrons. The largest absolute Gasteiger partial charge is 0.273 e. The molecule has 0 saturated heterocycles. The van der Waals surface area contributed by atoms with Gasteiger partial charge in [0, 0.05) is 12.1 Å². The number of aryl methyl sites for hydroxylation is 2. The fourth-order valence-electron chi connectivity index (χ4n) is 2.13. The number of benzene rings is 1. The average molecular weight is 242 g/mol. The van der Waals surface area contributed by atoms with E-state index in [0.717, 1.165) is 11.4 Å². The second-order valence-corrected chi connectivity index (χ2v) is 4.75. The average Bonchev–Trinajstić information content (AvgIpc) is 2.69. The van der Waals surface area contributed by atoms with Crippen LogP contribution >= 0.6 is 0 Å². The summed E-state index contributed by atoms with van der Waals surface area (Å²) in [5.74, 6) is 0.263. The van der Waals surface area contributed by atoms with Crippen LogP contribution in [0.5, 0.6) is 0 Å². The van der Waals surface area contributed by atoms with Crippen LogP contribution in [0, 0.1) is 13.8 Å². The molecule has 0 aliphatic carbocycles. The second kappa shape index (κ2) is 5.17. The van der Waals surface area contributed by atoms with Gasteiger partial charge in [-0.1, -0.05) is 37.3 Å². The van der Waals surface area contributed by atoms with Crippen LogP contribution in [0.25, 0.3) is 0 Å². The van der Waals surface area contributed by atoms with E-state index in [9.17, 15) is 4.79 Å². The fourth-order valence-corrected chi connectivity index (χ4v) is 2.13. The van der Waals surface area contributed by atoms with Crippen LogP contribution < -0.4 is 0 Å². The summed E-state index contributed by atoms with van der Waals surface area (Å²) in [5.41, 5.74) is 2.97. The first-order valence-electron chi connectivity index (χ1n) is 6.19. The molecule has 1 aromatic heterocycles. The molecule has 0 spiro atoms. The van der Waals surface area contributed by atoms with E-state index in [1.807, 2.05) is 38.1 Å². The molecule has 3 nitrogen and oxygen atoms in total. The maximum Gasteiger partial charge on any atom is 0.247 e. The Morgan fingerprint density at radius 1 is 1.28 bits per heavy atom. The van der Waals surface area contributed by atoms with E-state index in [4.69, 9.17) is 0 Å². The minimum atomic E-state index is 0.0527. The Kier molecular flexibility index (Phi) is 3.60. The van der Waals surface area contributed by atoms with Gasteiger partial charge in [-0.25, -0.2) is 4.68 Å². The molecule has 2 rings (SSSR count). The van der Waals surface area contributed by atoms with Gasteiger partial charge in [-0.05, 0) is 31.4 Å². The smallest absolute Gasteiger partial charge is 0.247 e. The van der Waals surface area contributed by atoms with E-state index >= 15 is 0 Å². The summed E-state index contributed by atoms with van der Waals surface area (Å²) in [6, 6.07) is 12.0. The molecule has 0 aliphatic heterocycles. The summed E-state index contributed by atoms with van der Waals surface area (Å²) in [4.78, 5) is 12.2. The zero-order chi connectivity index (χ0) is 13.1. The number of carbonyl (C=O) groups is 1. The number of aromatic nitrogens is 2. The van der Waals surface area contributed by atoms with Crippen LogP contribution in [-0.4, -0.2) is 15.7 Å². The molecule has 2 aromatic rings. The maximum absolute atomic E-state index is 12.2. The van der Waals surface area contributed by atoms with Gasteiger partial charge < -0.3 is 0 Å². The van der Waals surface area contributed by atoms with Crippen molar-refractivity contribution in [2.45, 2.75) is 33.1 Å². The van der Waals surface area contributed by atoms with Crippen molar-refractivity contribution in [2.75, 3.05) is 0 Å². The van der Waals surface area contributed by atoms with Crippen LogP contribution in [0.4, 0.5) is 0 Å². The first kappa shape index (κ1) is 12.6. The molecule has 0 bridgehead atoms. The lowest BCUT2D eigenvalue weighted by molar-refractivity contribution is 0.0876. The molecule has 0 N–H and O–H groups in total. The normalized spacial score (nSPS) is 12.4. The lowest BCUT2D eigenvalue weighted by Crippen LogP contribution is -2.16. The first-order valence-corrected chi connectivity index (χ1v) is 6.19. The number of hydrogen-bond donors (Lipinski definition) is 0. The van der Waals surface area contributed by atoms with Gasteiger partial charge in [0.05, 0.1) is 5.69 Å². The van der Waals surface area contributed by atoms with Crippen molar-refractivity contribution in [3.63, 3.8) is 0 Å². The highest BCUT2D eigenvalue weighted by molar-refractivity contribution is 5.79. The molecule has 1 atom stereocenters. The van der Waals surface area contributed by atoms with E-state index in [0.29, 0.717) is 6.42 Å². The fraction of sp³-hybridized carbons (Fsp3) is 0.333. The third-order valence-corrected chi connectivity index (χ3v) is 3.10. The Bertz CT molecular complexity index is 543. The predicted octanol–water partition coefficient (Wildman–Crippen LogP) is 3.33. The number of hydrogen-bond acceptors (Lipinski definition) is 2. The summed E-state index contributed by atoms with van der Waals surface area (Å²) in [7, 11) is 0. The van der Waals surface area contributed by atoms with Crippen LogP contribution in [0.15, 0.2) is 36.4 Å². The molecule has 94 valence electrons. The lowest BCUT2D eigenvalue weighted by Gasteiger charge is -2.11. The van der Waals surface area contributed by atoms with Gasteiger partial charge in [-0.2, -0.15) is 5.10 Å². The highest BCUT2D eigenvalue weighted by Gasteiger charge is 2.15. The summed E-state index contributed by atoms with van der Waals surface area (Å²) >= 11 is 0. The van der Waals surface area contributed by atoms with Crippen molar-refractivity contribution in [3.05, 3.63) is 53.3 Å². The second-order valence-electron chi connectivity index (χ2n) is 4.75.